The number of unbranched alkanes of at least 4 members (excludes halogenated alkanes) is 1. The van der Waals surface area contributed by atoms with Crippen molar-refractivity contribution in [2.45, 2.75) is 65.2 Å². The molecule has 0 radical (unpaired) electrons. The Labute approximate surface area is 172 Å². The van der Waals surface area contributed by atoms with Crippen LogP contribution in [0.15, 0.2) is 29.2 Å². The predicted molar refractivity (Wildman–Crippen MR) is 119 cm³/mol. The minimum absolute atomic E-state index is 0.0666. The Balaban J connectivity index is 0.000000533. The van der Waals surface area contributed by atoms with E-state index in [9.17, 15) is 8.42 Å². The molecular weight excluding hydrogens is 378 g/mol. The van der Waals surface area contributed by atoms with Crippen LogP contribution in [0.25, 0.3) is 0 Å². The molecule has 27 heavy (non-hydrogen) atoms. The molecule has 0 bridgehead atoms. The predicted octanol–water partition coefficient (Wildman–Crippen LogP) is 5.62. The van der Waals surface area contributed by atoms with E-state index < -0.39 is 10.1 Å². The molecule has 1 N–H and O–H groups in total. The lowest BCUT2D eigenvalue weighted by Crippen LogP contribution is -2.43. The summed E-state index contributed by atoms with van der Waals surface area (Å²) in [5.41, 5.74) is 0.956. The second-order valence-electron chi connectivity index (χ2n) is 7.46. The van der Waals surface area contributed by atoms with Gasteiger partial charge in [-0.05, 0) is 45.2 Å². The summed E-state index contributed by atoms with van der Waals surface area (Å²) in [5.74, 6) is 3.60. The Morgan fingerprint density at radius 2 is 1.63 bits per heavy atom. The first-order valence-electron chi connectivity index (χ1n) is 10.1. The summed E-state index contributed by atoms with van der Waals surface area (Å²) in [6, 6.07) is 5.99. The fourth-order valence-corrected chi connectivity index (χ4v) is 4.58. The number of hydrogen-bond acceptors (Lipinski definition) is 3. The van der Waals surface area contributed by atoms with Crippen LogP contribution in [-0.2, 0) is 10.1 Å². The molecule has 1 rings (SSSR count). The third-order valence-electron chi connectivity index (χ3n) is 5.15. The van der Waals surface area contributed by atoms with Crippen molar-refractivity contribution >= 4 is 21.9 Å². The maximum Gasteiger partial charge on any atom is 0.294 e. The quantitative estimate of drug-likeness (QED) is 0.288. The van der Waals surface area contributed by atoms with E-state index in [0.29, 0.717) is 0 Å². The zero-order valence-corrected chi connectivity index (χ0v) is 19.7. The molecule has 1 unspecified atom stereocenters. The van der Waals surface area contributed by atoms with Crippen molar-refractivity contribution in [3.63, 3.8) is 0 Å². The van der Waals surface area contributed by atoms with E-state index in [-0.39, 0.29) is 4.90 Å². The van der Waals surface area contributed by atoms with Gasteiger partial charge in [-0.3, -0.25) is 4.55 Å². The van der Waals surface area contributed by atoms with Gasteiger partial charge in [0.05, 0.1) is 25.0 Å². The van der Waals surface area contributed by atoms with E-state index in [1.165, 1.54) is 67.0 Å². The first-order chi connectivity index (χ1) is 12.6. The molecule has 6 heteroatoms. The van der Waals surface area contributed by atoms with Crippen LogP contribution in [0.2, 0.25) is 0 Å². The first kappa shape index (κ1) is 26.4. The van der Waals surface area contributed by atoms with Gasteiger partial charge in [0.15, 0.2) is 0 Å². The Kier molecular flexibility index (Phi) is 13.3. The average molecular weight is 419 g/mol. The van der Waals surface area contributed by atoms with Gasteiger partial charge in [0.1, 0.15) is 5.88 Å². The van der Waals surface area contributed by atoms with Gasteiger partial charge in [-0.1, -0.05) is 50.8 Å². The van der Waals surface area contributed by atoms with Crippen LogP contribution in [0.1, 0.15) is 58.9 Å². The van der Waals surface area contributed by atoms with Crippen LogP contribution in [0, 0.1) is 12.8 Å². The molecule has 158 valence electrons. The molecule has 0 aliphatic rings. The first-order valence-corrected chi connectivity index (χ1v) is 12.7. The number of rotatable bonds is 11. The largest absolute Gasteiger partial charge is 0.318 e. The smallest absolute Gasteiger partial charge is 0.294 e. The third kappa shape index (κ3) is 11.8. The Bertz CT molecular complexity index is 596. The molecule has 1 aromatic carbocycles. The van der Waals surface area contributed by atoms with Crippen molar-refractivity contribution in [3.8, 4) is 0 Å². The van der Waals surface area contributed by atoms with Crippen molar-refractivity contribution in [3.05, 3.63) is 29.8 Å². The number of aryl methyl sites for hydroxylation is 1. The zero-order chi connectivity index (χ0) is 20.9. The van der Waals surface area contributed by atoms with E-state index in [2.05, 4.69) is 46.5 Å². The molecule has 0 aliphatic heterocycles. The maximum absolute atomic E-state index is 10.5. The molecule has 0 aromatic heterocycles. The Morgan fingerprint density at radius 3 is 2.04 bits per heavy atom. The van der Waals surface area contributed by atoms with Gasteiger partial charge in [-0.15, -0.1) is 11.8 Å². The van der Waals surface area contributed by atoms with Gasteiger partial charge < -0.3 is 4.48 Å². The molecule has 0 aliphatic carbocycles. The summed E-state index contributed by atoms with van der Waals surface area (Å²) in [7, 11) is -1.64. The lowest BCUT2D eigenvalue weighted by molar-refractivity contribution is -0.893. The van der Waals surface area contributed by atoms with Crippen LogP contribution < -0.4 is 0 Å². The van der Waals surface area contributed by atoms with E-state index in [0.717, 1.165) is 11.5 Å². The molecular formula is C21H40NO3S2+. The van der Waals surface area contributed by atoms with Gasteiger partial charge in [0, 0.05) is 5.75 Å². The highest BCUT2D eigenvalue weighted by Crippen LogP contribution is 2.20. The van der Waals surface area contributed by atoms with Crippen molar-refractivity contribution in [1.82, 2.24) is 0 Å². The van der Waals surface area contributed by atoms with Crippen LogP contribution >= 0.6 is 11.8 Å². The number of thioether (sulfide) groups is 1. The zero-order valence-electron chi connectivity index (χ0n) is 18.1. The highest BCUT2D eigenvalue weighted by molar-refractivity contribution is 7.99. The highest BCUT2D eigenvalue weighted by Gasteiger charge is 2.17. The highest BCUT2D eigenvalue weighted by atomic mass is 32.2. The van der Waals surface area contributed by atoms with Crippen LogP contribution in [0.3, 0.4) is 0 Å². The fourth-order valence-electron chi connectivity index (χ4n) is 2.45. The number of hydrogen-bond donors (Lipinski definition) is 1. The Morgan fingerprint density at radius 1 is 1.07 bits per heavy atom. The molecule has 1 atom stereocenters. The monoisotopic (exact) mass is 418 g/mol. The molecule has 0 heterocycles. The molecule has 0 saturated carbocycles. The maximum atomic E-state index is 10.5. The molecule has 0 saturated heterocycles. The second kappa shape index (κ2) is 13.6. The number of quaternary nitrogens is 1. The summed E-state index contributed by atoms with van der Waals surface area (Å²) >= 11 is 2.16. The van der Waals surface area contributed by atoms with E-state index in [4.69, 9.17) is 4.55 Å². The molecule has 1 aromatic rings. The van der Waals surface area contributed by atoms with Gasteiger partial charge in [0.2, 0.25) is 0 Å². The summed E-state index contributed by atoms with van der Waals surface area (Å²) in [6.07, 6.45) is 5.54. The molecule has 0 fully saturated rings. The van der Waals surface area contributed by atoms with Crippen molar-refractivity contribution in [2.24, 2.45) is 5.92 Å². The molecule has 0 amide bonds. The SMILES string of the molecule is CCCCC(CC)CSC[N+](C)(CC)CC.Cc1ccc(S(=O)(=O)O)cc1. The summed E-state index contributed by atoms with van der Waals surface area (Å²) in [4.78, 5) is -0.0666. The standard InChI is InChI=1S/C14H32NS.C7H8O3S/c1-6-10-11-14(7-2)12-16-13-15(5,8-3)9-4;1-6-2-4-7(5-3-6)11(8,9)10/h14H,6-13H2,1-5H3;2-5H,1H3,(H,8,9,10)/q+1;. The normalized spacial score (nSPS) is 13.0. The lowest BCUT2D eigenvalue weighted by Gasteiger charge is -2.32. The summed E-state index contributed by atoms with van der Waals surface area (Å²) in [5, 5.41) is 0. The number of nitrogens with zero attached hydrogens (tertiary/aromatic N) is 1. The summed E-state index contributed by atoms with van der Waals surface area (Å²) in [6.45, 7) is 13.6. The minimum atomic E-state index is -4.02. The van der Waals surface area contributed by atoms with Gasteiger partial charge in [-0.25, -0.2) is 0 Å². The van der Waals surface area contributed by atoms with Gasteiger partial charge in [0.25, 0.3) is 10.1 Å². The topological polar surface area (TPSA) is 54.4 Å². The lowest BCUT2D eigenvalue weighted by atomic mass is 10.0. The number of benzene rings is 1. The summed E-state index contributed by atoms with van der Waals surface area (Å²) < 4.78 is 30.8. The second-order valence-corrected chi connectivity index (χ2v) is 9.88. The minimum Gasteiger partial charge on any atom is -0.318 e. The van der Waals surface area contributed by atoms with E-state index in [1.54, 1.807) is 12.1 Å². The van der Waals surface area contributed by atoms with E-state index in [1.807, 2.05) is 6.92 Å². The van der Waals surface area contributed by atoms with E-state index >= 15 is 0 Å². The third-order valence-corrected chi connectivity index (χ3v) is 7.53. The van der Waals surface area contributed by atoms with Crippen LogP contribution in [-0.4, -0.2) is 49.2 Å². The fraction of sp³-hybridized carbons (Fsp3) is 0.714. The molecule has 4 nitrogen and oxygen atoms in total. The van der Waals surface area contributed by atoms with Crippen LogP contribution in [0.4, 0.5) is 0 Å². The van der Waals surface area contributed by atoms with Gasteiger partial charge >= 0.3 is 0 Å². The van der Waals surface area contributed by atoms with Gasteiger partial charge in [-0.2, -0.15) is 8.42 Å². The van der Waals surface area contributed by atoms with Crippen molar-refractivity contribution in [2.75, 3.05) is 31.8 Å². The average Bonchev–Trinajstić information content (AvgIpc) is 2.64. The Hall–Kier alpha value is -0.560. The molecule has 0 spiro atoms. The van der Waals surface area contributed by atoms with Crippen molar-refractivity contribution < 1.29 is 17.5 Å². The van der Waals surface area contributed by atoms with Crippen molar-refractivity contribution in [1.29, 1.82) is 0 Å². The van der Waals surface area contributed by atoms with Crippen LogP contribution in [0.5, 0.6) is 0 Å².